The highest BCUT2D eigenvalue weighted by Crippen LogP contribution is 2.29. The highest BCUT2D eigenvalue weighted by atomic mass is 15.3. The molecule has 1 saturated carbocycles. The van der Waals surface area contributed by atoms with Crippen LogP contribution in [0.25, 0.3) is 0 Å². The summed E-state index contributed by atoms with van der Waals surface area (Å²) in [6.45, 7) is 5.16. The van der Waals surface area contributed by atoms with Gasteiger partial charge in [0.15, 0.2) is 0 Å². The van der Waals surface area contributed by atoms with Gasteiger partial charge >= 0.3 is 0 Å². The van der Waals surface area contributed by atoms with Crippen LogP contribution in [0.5, 0.6) is 0 Å². The van der Waals surface area contributed by atoms with E-state index < -0.39 is 0 Å². The second-order valence-corrected chi connectivity index (χ2v) is 5.64. The average molecular weight is 250 g/mol. The Kier molecular flexibility index (Phi) is 4.78. The zero-order valence-electron chi connectivity index (χ0n) is 11.9. The van der Waals surface area contributed by atoms with Crippen LogP contribution in [0, 0.1) is 6.92 Å². The van der Waals surface area contributed by atoms with Crippen LogP contribution in [0.3, 0.4) is 0 Å². The lowest BCUT2D eigenvalue weighted by molar-refractivity contribution is 0.400. The van der Waals surface area contributed by atoms with Gasteiger partial charge in [0.05, 0.1) is 11.7 Å². The van der Waals surface area contributed by atoms with Crippen LogP contribution in [0.4, 0.5) is 0 Å². The fraction of sp³-hybridized carbons (Fsp3) is 0.786. The normalized spacial score (nSPS) is 16.9. The first kappa shape index (κ1) is 13.6. The summed E-state index contributed by atoms with van der Waals surface area (Å²) in [6.07, 6.45) is 7.57. The fourth-order valence-electron chi connectivity index (χ4n) is 2.57. The third kappa shape index (κ3) is 3.56. The largest absolute Gasteiger partial charge is 0.311 e. The van der Waals surface area contributed by atoms with Crippen LogP contribution < -0.4 is 5.32 Å². The summed E-state index contributed by atoms with van der Waals surface area (Å²) in [5.41, 5.74) is 2.53. The van der Waals surface area contributed by atoms with Gasteiger partial charge in [-0.3, -0.25) is 4.68 Å². The molecule has 0 aromatic carbocycles. The minimum Gasteiger partial charge on any atom is -0.311 e. The molecule has 1 aromatic heterocycles. The first-order valence-electron chi connectivity index (χ1n) is 7.07. The molecule has 1 N–H and O–H groups in total. The molecule has 2 rings (SSSR count). The Hall–Kier alpha value is -0.870. The van der Waals surface area contributed by atoms with Crippen LogP contribution in [-0.4, -0.2) is 41.9 Å². The first-order chi connectivity index (χ1) is 8.66. The van der Waals surface area contributed by atoms with E-state index in [1.54, 1.807) is 0 Å². The summed E-state index contributed by atoms with van der Waals surface area (Å²) in [5.74, 6) is 0. The van der Waals surface area contributed by atoms with Gasteiger partial charge in [0.25, 0.3) is 0 Å². The minimum absolute atomic E-state index is 0.652. The molecule has 102 valence electrons. The van der Waals surface area contributed by atoms with Gasteiger partial charge in [-0.1, -0.05) is 12.8 Å². The maximum absolute atomic E-state index is 4.67. The van der Waals surface area contributed by atoms with Crippen LogP contribution in [-0.2, 0) is 6.54 Å². The number of hydrogen-bond donors (Lipinski definition) is 1. The van der Waals surface area contributed by atoms with E-state index in [0.717, 1.165) is 19.6 Å². The molecule has 0 radical (unpaired) electrons. The molecule has 4 heteroatoms. The van der Waals surface area contributed by atoms with Gasteiger partial charge < -0.3 is 10.2 Å². The van der Waals surface area contributed by atoms with Crippen molar-refractivity contribution in [1.82, 2.24) is 20.0 Å². The van der Waals surface area contributed by atoms with E-state index in [1.807, 2.05) is 0 Å². The highest BCUT2D eigenvalue weighted by molar-refractivity contribution is 5.15. The number of nitrogens with one attached hydrogen (secondary N) is 1. The molecule has 1 fully saturated rings. The molecule has 0 aliphatic heterocycles. The van der Waals surface area contributed by atoms with Crippen LogP contribution in [0.2, 0.25) is 0 Å². The smallest absolute Gasteiger partial charge is 0.0638 e. The van der Waals surface area contributed by atoms with E-state index in [1.165, 1.54) is 36.9 Å². The second-order valence-electron chi connectivity index (χ2n) is 5.64. The van der Waals surface area contributed by atoms with Crippen LogP contribution in [0.15, 0.2) is 6.20 Å². The average Bonchev–Trinajstić information content (AvgIpc) is 2.93. The Balaban J connectivity index is 1.84. The molecular weight excluding hydrogens is 224 g/mol. The van der Waals surface area contributed by atoms with Crippen LogP contribution in [0.1, 0.15) is 43.0 Å². The Morgan fingerprint density at radius 2 is 2.11 bits per heavy atom. The van der Waals surface area contributed by atoms with Gasteiger partial charge in [-0.05, 0) is 33.9 Å². The molecule has 0 saturated heterocycles. The summed E-state index contributed by atoms with van der Waals surface area (Å²) >= 11 is 0. The number of hydrogen-bond acceptors (Lipinski definition) is 3. The Morgan fingerprint density at radius 1 is 1.39 bits per heavy atom. The third-order valence-corrected chi connectivity index (χ3v) is 3.77. The van der Waals surface area contributed by atoms with Crippen molar-refractivity contribution in [3.8, 4) is 0 Å². The highest BCUT2D eigenvalue weighted by Gasteiger charge is 2.18. The molecule has 1 heterocycles. The van der Waals surface area contributed by atoms with Crippen molar-refractivity contribution in [3.05, 3.63) is 17.5 Å². The Morgan fingerprint density at radius 3 is 2.78 bits per heavy atom. The summed E-state index contributed by atoms with van der Waals surface area (Å²) in [6, 6.07) is 0.652. The van der Waals surface area contributed by atoms with E-state index in [0.29, 0.717) is 6.04 Å². The Bertz CT molecular complexity index is 364. The number of rotatable bonds is 6. The van der Waals surface area contributed by atoms with E-state index in [4.69, 9.17) is 0 Å². The summed E-state index contributed by atoms with van der Waals surface area (Å²) in [7, 11) is 4.20. The van der Waals surface area contributed by atoms with Crippen molar-refractivity contribution in [2.24, 2.45) is 0 Å². The molecule has 0 bridgehead atoms. The molecule has 1 aromatic rings. The van der Waals surface area contributed by atoms with Crippen molar-refractivity contribution >= 4 is 0 Å². The van der Waals surface area contributed by atoms with E-state index >= 15 is 0 Å². The lowest BCUT2D eigenvalue weighted by Gasteiger charge is -2.10. The SMILES string of the molecule is Cc1nn(C2CCCC2)cc1CNCCN(C)C. The van der Waals surface area contributed by atoms with Crippen molar-refractivity contribution in [1.29, 1.82) is 0 Å². The number of aryl methyl sites for hydroxylation is 1. The summed E-state index contributed by atoms with van der Waals surface area (Å²) < 4.78 is 2.20. The second kappa shape index (κ2) is 6.34. The zero-order valence-corrected chi connectivity index (χ0v) is 11.9. The molecular formula is C14H26N4. The summed E-state index contributed by atoms with van der Waals surface area (Å²) in [4.78, 5) is 2.20. The molecule has 0 unspecified atom stereocenters. The van der Waals surface area contributed by atoms with Crippen LogP contribution >= 0.6 is 0 Å². The molecule has 1 aliphatic rings. The van der Waals surface area contributed by atoms with Gasteiger partial charge in [-0.15, -0.1) is 0 Å². The van der Waals surface area contributed by atoms with Gasteiger partial charge in [0.1, 0.15) is 0 Å². The maximum atomic E-state index is 4.67. The van der Waals surface area contributed by atoms with Crippen molar-refractivity contribution in [3.63, 3.8) is 0 Å². The predicted octanol–water partition coefficient (Wildman–Crippen LogP) is 1.96. The Labute approximate surface area is 110 Å². The topological polar surface area (TPSA) is 33.1 Å². The maximum Gasteiger partial charge on any atom is 0.0638 e. The molecule has 0 amide bonds. The number of nitrogens with zero attached hydrogens (tertiary/aromatic N) is 3. The molecule has 0 spiro atoms. The zero-order chi connectivity index (χ0) is 13.0. The lowest BCUT2D eigenvalue weighted by atomic mass is 10.2. The lowest BCUT2D eigenvalue weighted by Crippen LogP contribution is -2.26. The van der Waals surface area contributed by atoms with Crippen molar-refractivity contribution in [2.45, 2.75) is 45.2 Å². The molecule has 18 heavy (non-hydrogen) atoms. The number of aromatic nitrogens is 2. The van der Waals surface area contributed by atoms with Gasteiger partial charge in [-0.25, -0.2) is 0 Å². The monoisotopic (exact) mass is 250 g/mol. The molecule has 0 atom stereocenters. The van der Waals surface area contributed by atoms with Crippen molar-refractivity contribution in [2.75, 3.05) is 27.2 Å². The summed E-state index contributed by atoms with van der Waals surface area (Å²) in [5, 5.41) is 8.16. The quantitative estimate of drug-likeness (QED) is 0.784. The molecule has 1 aliphatic carbocycles. The van der Waals surface area contributed by atoms with E-state index in [-0.39, 0.29) is 0 Å². The van der Waals surface area contributed by atoms with Gasteiger partial charge in [0.2, 0.25) is 0 Å². The van der Waals surface area contributed by atoms with Gasteiger partial charge in [-0.2, -0.15) is 5.10 Å². The predicted molar refractivity (Wildman–Crippen MR) is 74.7 cm³/mol. The van der Waals surface area contributed by atoms with Crippen molar-refractivity contribution < 1.29 is 0 Å². The first-order valence-corrected chi connectivity index (χ1v) is 7.07. The van der Waals surface area contributed by atoms with E-state index in [2.05, 4.69) is 47.2 Å². The van der Waals surface area contributed by atoms with Gasteiger partial charge in [0, 0.05) is 31.4 Å². The standard InChI is InChI=1S/C14H26N4/c1-12-13(10-15-8-9-17(2)3)11-18(16-12)14-6-4-5-7-14/h11,14-15H,4-10H2,1-3H3. The molecule has 4 nitrogen and oxygen atoms in total. The third-order valence-electron chi connectivity index (χ3n) is 3.77. The van der Waals surface area contributed by atoms with E-state index in [9.17, 15) is 0 Å². The minimum atomic E-state index is 0.652. The number of likely N-dealkylation sites (N-methyl/N-ethyl adjacent to an activating group) is 1. The fourth-order valence-corrected chi connectivity index (χ4v) is 2.57.